The van der Waals surface area contributed by atoms with Crippen molar-refractivity contribution >= 4 is 16.1 Å². The summed E-state index contributed by atoms with van der Waals surface area (Å²) in [7, 11) is -3.36. The first kappa shape index (κ1) is 12.7. The maximum absolute atomic E-state index is 11.5. The maximum Gasteiger partial charge on any atom is 0.179 e. The smallest absolute Gasteiger partial charge is 0.179 e. The van der Waals surface area contributed by atoms with E-state index >= 15 is 0 Å². The van der Waals surface area contributed by atoms with Gasteiger partial charge in [-0.1, -0.05) is 12.1 Å². The van der Waals surface area contributed by atoms with Crippen LogP contribution in [0.15, 0.2) is 29.2 Å². The van der Waals surface area contributed by atoms with Gasteiger partial charge in [0.1, 0.15) is 10.6 Å². The van der Waals surface area contributed by atoms with Crippen molar-refractivity contribution in [2.45, 2.75) is 24.3 Å². The van der Waals surface area contributed by atoms with E-state index in [9.17, 15) is 13.2 Å². The van der Waals surface area contributed by atoms with Crippen LogP contribution in [0.25, 0.3) is 0 Å². The molecule has 0 aromatic heterocycles. The van der Waals surface area contributed by atoms with Gasteiger partial charge in [0.2, 0.25) is 0 Å². The third kappa shape index (κ3) is 3.06. The number of hydrogen-bond donors (Lipinski definition) is 0. The van der Waals surface area contributed by atoms with Gasteiger partial charge in [-0.15, -0.1) is 0 Å². The molecule has 0 amide bonds. The summed E-state index contributed by atoms with van der Waals surface area (Å²) in [5.41, 5.74) is -1.04. The lowest BCUT2D eigenvalue weighted by molar-refractivity contribution is -0.119. The number of hydrogen-bond acceptors (Lipinski definition) is 4. The van der Waals surface area contributed by atoms with Crippen LogP contribution < -0.4 is 4.74 Å². The van der Waals surface area contributed by atoms with E-state index in [0.717, 1.165) is 6.26 Å². The second kappa shape index (κ2) is 4.25. The summed E-state index contributed by atoms with van der Waals surface area (Å²) in [6.07, 6.45) is 1.73. The molecule has 1 rings (SSSR count). The Balaban J connectivity index is 3.21. The van der Waals surface area contributed by atoms with Gasteiger partial charge >= 0.3 is 0 Å². The fourth-order valence-electron chi connectivity index (χ4n) is 1.15. The van der Waals surface area contributed by atoms with E-state index in [1.165, 1.54) is 12.1 Å². The lowest BCUT2D eigenvalue weighted by Crippen LogP contribution is -2.30. The average molecular weight is 242 g/mol. The minimum absolute atomic E-state index is 0.0879. The second-order valence-electron chi connectivity index (χ2n) is 4.04. The van der Waals surface area contributed by atoms with Crippen molar-refractivity contribution in [2.24, 2.45) is 0 Å². The Morgan fingerprint density at radius 1 is 1.25 bits per heavy atom. The molecule has 0 aliphatic rings. The quantitative estimate of drug-likeness (QED) is 0.750. The number of aldehydes is 1. The van der Waals surface area contributed by atoms with Gasteiger partial charge in [0, 0.05) is 6.26 Å². The number of carbonyl (C=O) groups excluding carboxylic acids is 1. The van der Waals surface area contributed by atoms with Gasteiger partial charge in [-0.3, -0.25) is 4.79 Å². The highest BCUT2D eigenvalue weighted by Crippen LogP contribution is 2.26. The van der Waals surface area contributed by atoms with Crippen molar-refractivity contribution < 1.29 is 17.9 Å². The van der Waals surface area contributed by atoms with Crippen LogP contribution in [0.5, 0.6) is 5.75 Å². The van der Waals surface area contributed by atoms with Gasteiger partial charge in [-0.2, -0.15) is 0 Å². The number of ether oxygens (including phenoxy) is 1. The van der Waals surface area contributed by atoms with Crippen LogP contribution in [0.2, 0.25) is 0 Å². The van der Waals surface area contributed by atoms with E-state index in [1.54, 1.807) is 26.0 Å². The number of rotatable bonds is 4. The summed E-state index contributed by atoms with van der Waals surface area (Å²) in [5, 5.41) is 0. The predicted molar refractivity (Wildman–Crippen MR) is 60.3 cm³/mol. The number of sulfone groups is 1. The standard InChI is InChI=1S/C11H14O4S/c1-11(2,8-12)15-9-6-4-5-7-10(9)16(3,13)14/h4-8H,1-3H3. The summed E-state index contributed by atoms with van der Waals surface area (Å²) in [4.78, 5) is 10.8. The monoisotopic (exact) mass is 242 g/mol. The Hall–Kier alpha value is -1.36. The molecular weight excluding hydrogens is 228 g/mol. The molecule has 0 aliphatic heterocycles. The molecule has 1 aromatic carbocycles. The van der Waals surface area contributed by atoms with E-state index in [-0.39, 0.29) is 10.6 Å². The SMILES string of the molecule is CC(C)(C=O)Oc1ccccc1S(C)(=O)=O. The average Bonchev–Trinajstić information content (AvgIpc) is 2.16. The molecule has 0 saturated carbocycles. The molecule has 0 spiro atoms. The third-order valence-electron chi connectivity index (χ3n) is 1.91. The Morgan fingerprint density at radius 2 is 1.81 bits per heavy atom. The first-order valence-electron chi connectivity index (χ1n) is 4.71. The molecule has 16 heavy (non-hydrogen) atoms. The van der Waals surface area contributed by atoms with Crippen LogP contribution in [0.1, 0.15) is 13.8 Å². The summed E-state index contributed by atoms with van der Waals surface area (Å²) < 4.78 is 28.3. The number of carbonyl (C=O) groups is 1. The second-order valence-corrected chi connectivity index (χ2v) is 6.03. The van der Waals surface area contributed by atoms with E-state index in [0.29, 0.717) is 6.29 Å². The van der Waals surface area contributed by atoms with Gasteiger partial charge in [0.05, 0.1) is 0 Å². The third-order valence-corrected chi connectivity index (χ3v) is 3.04. The molecule has 0 heterocycles. The van der Waals surface area contributed by atoms with Crippen molar-refractivity contribution in [1.82, 2.24) is 0 Å². The highest BCUT2D eigenvalue weighted by molar-refractivity contribution is 7.90. The van der Waals surface area contributed by atoms with Gasteiger partial charge in [0.15, 0.2) is 21.7 Å². The number of para-hydroxylation sites is 1. The van der Waals surface area contributed by atoms with Gasteiger partial charge in [0.25, 0.3) is 0 Å². The summed E-state index contributed by atoms with van der Waals surface area (Å²) >= 11 is 0. The van der Waals surface area contributed by atoms with Crippen molar-refractivity contribution in [2.75, 3.05) is 6.26 Å². The molecular formula is C11H14O4S. The molecule has 0 fully saturated rings. The zero-order valence-corrected chi connectivity index (χ0v) is 10.2. The van der Waals surface area contributed by atoms with E-state index in [4.69, 9.17) is 4.74 Å². The molecule has 4 nitrogen and oxygen atoms in total. The van der Waals surface area contributed by atoms with E-state index in [1.807, 2.05) is 0 Å². The molecule has 0 saturated heterocycles. The first-order chi connectivity index (χ1) is 7.26. The molecule has 0 unspecified atom stereocenters. The van der Waals surface area contributed by atoms with Crippen molar-refractivity contribution in [1.29, 1.82) is 0 Å². The van der Waals surface area contributed by atoms with Crippen LogP contribution in [-0.2, 0) is 14.6 Å². The van der Waals surface area contributed by atoms with Crippen molar-refractivity contribution in [3.8, 4) is 5.75 Å². The minimum Gasteiger partial charge on any atom is -0.479 e. The molecule has 1 aromatic rings. The minimum atomic E-state index is -3.36. The maximum atomic E-state index is 11.5. The largest absolute Gasteiger partial charge is 0.479 e. The number of benzene rings is 1. The lowest BCUT2D eigenvalue weighted by Gasteiger charge is -2.21. The Kier molecular flexibility index (Phi) is 3.38. The van der Waals surface area contributed by atoms with Crippen LogP contribution in [0.4, 0.5) is 0 Å². The van der Waals surface area contributed by atoms with Gasteiger partial charge in [-0.05, 0) is 26.0 Å². The summed E-state index contributed by atoms with van der Waals surface area (Å²) in [6.45, 7) is 3.14. The molecule has 0 bridgehead atoms. The fourth-order valence-corrected chi connectivity index (χ4v) is 1.95. The van der Waals surface area contributed by atoms with Crippen molar-refractivity contribution in [3.05, 3.63) is 24.3 Å². The topological polar surface area (TPSA) is 60.4 Å². The first-order valence-corrected chi connectivity index (χ1v) is 6.60. The van der Waals surface area contributed by atoms with Crippen LogP contribution in [0, 0.1) is 0 Å². The molecule has 0 aliphatic carbocycles. The Morgan fingerprint density at radius 3 is 2.31 bits per heavy atom. The fraction of sp³-hybridized carbons (Fsp3) is 0.364. The highest BCUT2D eigenvalue weighted by Gasteiger charge is 2.22. The summed E-state index contributed by atoms with van der Waals surface area (Å²) in [5.74, 6) is 0.196. The van der Waals surface area contributed by atoms with E-state index < -0.39 is 15.4 Å². The zero-order chi connectivity index (χ0) is 12.4. The predicted octanol–water partition coefficient (Wildman–Crippen LogP) is 1.45. The molecule has 0 N–H and O–H groups in total. The molecule has 88 valence electrons. The molecule has 0 radical (unpaired) electrons. The van der Waals surface area contributed by atoms with Gasteiger partial charge < -0.3 is 4.74 Å². The van der Waals surface area contributed by atoms with Crippen LogP contribution >= 0.6 is 0 Å². The Labute approximate surface area is 95.2 Å². The van der Waals surface area contributed by atoms with Crippen molar-refractivity contribution in [3.63, 3.8) is 0 Å². The van der Waals surface area contributed by atoms with E-state index in [2.05, 4.69) is 0 Å². The molecule has 0 atom stereocenters. The Bertz CT molecular complexity index is 488. The summed E-state index contributed by atoms with van der Waals surface area (Å²) in [6, 6.07) is 6.25. The van der Waals surface area contributed by atoms with Crippen LogP contribution in [0.3, 0.4) is 0 Å². The molecule has 5 heteroatoms. The normalized spacial score (nSPS) is 12.2. The zero-order valence-electron chi connectivity index (χ0n) is 9.43. The lowest BCUT2D eigenvalue weighted by atomic mass is 10.2. The van der Waals surface area contributed by atoms with Crippen LogP contribution in [-0.4, -0.2) is 26.6 Å². The van der Waals surface area contributed by atoms with Gasteiger partial charge in [-0.25, -0.2) is 8.42 Å². The highest BCUT2D eigenvalue weighted by atomic mass is 32.2.